The van der Waals surface area contributed by atoms with Gasteiger partial charge in [-0.05, 0) is 72.9 Å². The van der Waals surface area contributed by atoms with Gasteiger partial charge in [-0.1, -0.05) is 18.2 Å². The SMILES string of the molecule is Nc1cccc(S(=O)(=O)NC(=O)c2c(-c3ccc[nH]c3=O)c3cc(C4CC4)ccc3n2Cc2ccc(F)cc2F)c1. The highest BCUT2D eigenvalue weighted by atomic mass is 32.2. The van der Waals surface area contributed by atoms with Crippen molar-refractivity contribution >= 4 is 32.5 Å². The van der Waals surface area contributed by atoms with Crippen molar-refractivity contribution in [2.45, 2.75) is 30.2 Å². The van der Waals surface area contributed by atoms with Gasteiger partial charge in [-0.25, -0.2) is 21.9 Å². The maximum absolute atomic E-state index is 14.9. The Morgan fingerprint density at radius 2 is 1.83 bits per heavy atom. The summed E-state index contributed by atoms with van der Waals surface area (Å²) in [7, 11) is -4.39. The Bertz CT molecular complexity index is 2010. The highest BCUT2D eigenvalue weighted by molar-refractivity contribution is 7.90. The Morgan fingerprint density at radius 3 is 2.54 bits per heavy atom. The fourth-order valence-corrected chi connectivity index (χ4v) is 6.07. The number of fused-ring (bicyclic) bond motifs is 1. The molecular weight excluding hydrogens is 550 g/mol. The number of nitrogens with two attached hydrogens (primary N) is 1. The summed E-state index contributed by atoms with van der Waals surface area (Å²) in [5.41, 5.74) is 7.17. The number of carbonyl (C=O) groups excluding carboxylic acids is 1. The molecule has 3 aromatic carbocycles. The highest BCUT2D eigenvalue weighted by Gasteiger charge is 2.31. The average molecular weight is 575 g/mol. The monoisotopic (exact) mass is 574 g/mol. The topological polar surface area (TPSA) is 127 Å². The molecule has 0 radical (unpaired) electrons. The summed E-state index contributed by atoms with van der Waals surface area (Å²) in [5, 5.41) is 0.528. The maximum Gasteiger partial charge on any atom is 0.282 e. The lowest BCUT2D eigenvalue weighted by Crippen LogP contribution is -2.33. The molecule has 41 heavy (non-hydrogen) atoms. The molecule has 1 fully saturated rings. The van der Waals surface area contributed by atoms with Crippen molar-refractivity contribution < 1.29 is 22.0 Å². The fraction of sp³-hybridized carbons (Fsp3) is 0.133. The molecule has 4 N–H and O–H groups in total. The molecule has 2 aromatic heterocycles. The van der Waals surface area contributed by atoms with E-state index in [9.17, 15) is 26.8 Å². The summed E-state index contributed by atoms with van der Waals surface area (Å²) in [6, 6.07) is 17.2. The number of halogens is 2. The van der Waals surface area contributed by atoms with Gasteiger partial charge in [0.05, 0.1) is 11.4 Å². The van der Waals surface area contributed by atoms with Crippen molar-refractivity contribution in [3.05, 3.63) is 118 Å². The van der Waals surface area contributed by atoms with E-state index in [1.165, 1.54) is 47.2 Å². The number of H-pyrrole nitrogens is 1. The minimum absolute atomic E-state index is 0.0656. The Hall–Kier alpha value is -4.77. The largest absolute Gasteiger partial charge is 0.399 e. The number of aromatic amines is 1. The lowest BCUT2D eigenvalue weighted by Gasteiger charge is -2.14. The van der Waals surface area contributed by atoms with Crippen molar-refractivity contribution in [2.75, 3.05) is 5.73 Å². The fourth-order valence-electron chi connectivity index (χ4n) is 5.07. The number of nitrogens with zero attached hydrogens (tertiary/aromatic N) is 1. The average Bonchev–Trinajstić information content (AvgIpc) is 3.73. The van der Waals surface area contributed by atoms with Crippen molar-refractivity contribution in [1.29, 1.82) is 0 Å². The number of nitrogens with one attached hydrogen (secondary N) is 2. The van der Waals surface area contributed by atoms with Crippen LogP contribution in [0.25, 0.3) is 22.0 Å². The molecular formula is C30H24F2N4O4S. The molecule has 1 saturated carbocycles. The number of pyridine rings is 1. The summed E-state index contributed by atoms with van der Waals surface area (Å²) in [4.78, 5) is 29.4. The normalized spacial score (nSPS) is 13.4. The molecule has 208 valence electrons. The molecule has 0 spiro atoms. The van der Waals surface area contributed by atoms with Crippen molar-refractivity contribution in [2.24, 2.45) is 0 Å². The van der Waals surface area contributed by atoms with Crippen molar-refractivity contribution in [3.63, 3.8) is 0 Å². The molecule has 0 aliphatic heterocycles. The Labute approximate surface area is 233 Å². The second-order valence-electron chi connectivity index (χ2n) is 10.0. The standard InChI is InChI=1S/C30H24F2N4O4S/c31-20-10-8-19(25(32)14-20)16-36-26-11-9-18(17-6-7-17)13-24(26)27(23-5-2-12-34-29(23)37)28(36)30(38)35-41(39,40)22-4-1-3-21(33)15-22/h1-5,8-15,17H,6-7,16,33H2,(H,34,37)(H,35,38). The molecule has 8 nitrogen and oxygen atoms in total. The number of benzene rings is 3. The van der Waals surface area contributed by atoms with E-state index in [1.54, 1.807) is 12.1 Å². The summed E-state index contributed by atoms with van der Waals surface area (Å²) in [6.45, 7) is -0.239. The molecule has 11 heteroatoms. The molecule has 0 atom stereocenters. The number of rotatable bonds is 7. The molecule has 0 unspecified atom stereocenters. The number of amides is 1. The van der Waals surface area contributed by atoms with Crippen LogP contribution in [-0.2, 0) is 16.6 Å². The first kappa shape index (κ1) is 26.5. The first-order chi connectivity index (χ1) is 19.6. The third-order valence-corrected chi connectivity index (χ3v) is 8.51. The number of hydrogen-bond donors (Lipinski definition) is 3. The van der Waals surface area contributed by atoms with Gasteiger partial charge in [-0.15, -0.1) is 0 Å². The van der Waals surface area contributed by atoms with Crippen LogP contribution in [0.2, 0.25) is 0 Å². The van der Waals surface area contributed by atoms with Crippen LogP contribution in [0.3, 0.4) is 0 Å². The second-order valence-corrected chi connectivity index (χ2v) is 11.7. The van der Waals surface area contributed by atoms with Crippen LogP contribution < -0.4 is 16.0 Å². The number of nitrogen functional groups attached to an aromatic ring is 1. The third kappa shape index (κ3) is 5.00. The molecule has 0 saturated heterocycles. The lowest BCUT2D eigenvalue weighted by atomic mass is 10.00. The van der Waals surface area contributed by atoms with Gasteiger partial charge in [0.1, 0.15) is 17.3 Å². The minimum Gasteiger partial charge on any atom is -0.399 e. The summed E-state index contributed by atoms with van der Waals surface area (Å²) >= 11 is 0. The van der Waals surface area contributed by atoms with Gasteiger partial charge < -0.3 is 15.3 Å². The minimum atomic E-state index is -4.39. The van der Waals surface area contributed by atoms with Crippen LogP contribution in [0, 0.1) is 11.6 Å². The highest BCUT2D eigenvalue weighted by Crippen LogP contribution is 2.43. The summed E-state index contributed by atoms with van der Waals surface area (Å²) in [5.74, 6) is -2.29. The molecule has 5 aromatic rings. The van der Waals surface area contributed by atoms with E-state index in [0.717, 1.165) is 30.5 Å². The summed E-state index contributed by atoms with van der Waals surface area (Å²) < 4.78 is 58.6. The van der Waals surface area contributed by atoms with Crippen LogP contribution in [0.5, 0.6) is 0 Å². The van der Waals surface area contributed by atoms with E-state index >= 15 is 0 Å². The second kappa shape index (κ2) is 10.0. The number of hydrogen-bond acceptors (Lipinski definition) is 5. The smallest absolute Gasteiger partial charge is 0.282 e. The molecule has 1 amide bonds. The first-order valence-electron chi connectivity index (χ1n) is 12.8. The van der Waals surface area contributed by atoms with Crippen LogP contribution in [-0.4, -0.2) is 23.9 Å². The number of sulfonamides is 1. The van der Waals surface area contributed by atoms with Gasteiger partial charge in [0, 0.05) is 45.5 Å². The summed E-state index contributed by atoms with van der Waals surface area (Å²) in [6.07, 6.45) is 3.44. The molecule has 2 heterocycles. The Balaban J connectivity index is 1.61. The van der Waals surface area contributed by atoms with Crippen molar-refractivity contribution in [1.82, 2.24) is 14.3 Å². The van der Waals surface area contributed by atoms with Gasteiger partial charge in [-0.3, -0.25) is 9.59 Å². The van der Waals surface area contributed by atoms with Crippen LogP contribution in [0.4, 0.5) is 14.5 Å². The quantitative estimate of drug-likeness (QED) is 0.238. The Morgan fingerprint density at radius 1 is 1.02 bits per heavy atom. The maximum atomic E-state index is 14.9. The van der Waals surface area contributed by atoms with E-state index in [1.807, 2.05) is 12.1 Å². The van der Waals surface area contributed by atoms with E-state index in [2.05, 4.69) is 9.71 Å². The van der Waals surface area contributed by atoms with Gasteiger partial charge in [0.2, 0.25) is 0 Å². The third-order valence-electron chi connectivity index (χ3n) is 7.18. The molecule has 1 aliphatic rings. The van der Waals surface area contributed by atoms with E-state index < -0.39 is 33.1 Å². The van der Waals surface area contributed by atoms with Crippen LogP contribution >= 0.6 is 0 Å². The number of aromatic nitrogens is 2. The zero-order valence-electron chi connectivity index (χ0n) is 21.5. The van der Waals surface area contributed by atoms with Crippen LogP contribution in [0.1, 0.15) is 40.4 Å². The molecule has 0 bridgehead atoms. The predicted octanol–water partition coefficient (Wildman–Crippen LogP) is 4.90. The molecule has 6 rings (SSSR count). The van der Waals surface area contributed by atoms with Gasteiger partial charge in [0.25, 0.3) is 21.5 Å². The first-order valence-corrected chi connectivity index (χ1v) is 14.3. The lowest BCUT2D eigenvalue weighted by molar-refractivity contribution is 0.0974. The van der Waals surface area contributed by atoms with Crippen LogP contribution in [0.15, 0.2) is 88.7 Å². The van der Waals surface area contributed by atoms with E-state index in [4.69, 9.17) is 5.73 Å². The Kier molecular flexibility index (Phi) is 6.46. The zero-order valence-corrected chi connectivity index (χ0v) is 22.3. The van der Waals surface area contributed by atoms with Gasteiger partial charge in [0.15, 0.2) is 0 Å². The molecule has 1 aliphatic carbocycles. The number of anilines is 1. The zero-order chi connectivity index (χ0) is 28.9. The van der Waals surface area contributed by atoms with E-state index in [0.29, 0.717) is 16.8 Å². The predicted molar refractivity (Wildman–Crippen MR) is 151 cm³/mol. The van der Waals surface area contributed by atoms with Crippen molar-refractivity contribution in [3.8, 4) is 11.1 Å². The number of carbonyl (C=O) groups is 1. The van der Waals surface area contributed by atoms with Gasteiger partial charge in [-0.2, -0.15) is 0 Å². The van der Waals surface area contributed by atoms with Gasteiger partial charge >= 0.3 is 0 Å². The van der Waals surface area contributed by atoms with E-state index in [-0.39, 0.29) is 39.5 Å².